The van der Waals surface area contributed by atoms with E-state index in [4.69, 9.17) is 0 Å². The lowest BCUT2D eigenvalue weighted by Crippen LogP contribution is -2.35. The zero-order chi connectivity index (χ0) is 16.6. The molecule has 0 bridgehead atoms. The second-order valence-corrected chi connectivity index (χ2v) is 7.08. The van der Waals surface area contributed by atoms with Crippen molar-refractivity contribution in [3.63, 3.8) is 0 Å². The third-order valence-electron chi connectivity index (χ3n) is 3.55. The summed E-state index contributed by atoms with van der Waals surface area (Å²) >= 11 is 0. The highest BCUT2D eigenvalue weighted by Gasteiger charge is 2.20. The first-order chi connectivity index (χ1) is 10.8. The molecule has 8 heteroatoms. The number of aryl methyl sites for hydroxylation is 1. The Balaban J connectivity index is 1.87. The van der Waals surface area contributed by atoms with Crippen LogP contribution in [0.5, 0.6) is 0 Å². The number of aromatic nitrogens is 1. The van der Waals surface area contributed by atoms with E-state index in [9.17, 15) is 13.2 Å². The summed E-state index contributed by atoms with van der Waals surface area (Å²) in [5, 5.41) is 2.74. The number of nitrogens with one attached hydrogen (secondary N) is 2. The number of benzene rings is 1. The van der Waals surface area contributed by atoms with Gasteiger partial charge in [0.1, 0.15) is 4.90 Å². The molecule has 0 atom stereocenters. The smallest absolute Gasteiger partial charge is 0.321 e. The number of hydrogen-bond acceptors (Lipinski definition) is 4. The summed E-state index contributed by atoms with van der Waals surface area (Å²) in [6, 6.07) is 7.99. The summed E-state index contributed by atoms with van der Waals surface area (Å²) < 4.78 is 27.3. The van der Waals surface area contributed by atoms with Crippen LogP contribution in [0.2, 0.25) is 0 Å². The summed E-state index contributed by atoms with van der Waals surface area (Å²) in [5.74, 6) is 0. The predicted molar refractivity (Wildman–Crippen MR) is 86.7 cm³/mol. The van der Waals surface area contributed by atoms with E-state index in [1.807, 2.05) is 0 Å². The maximum Gasteiger partial charge on any atom is 0.321 e. The Kier molecular flexibility index (Phi) is 3.69. The molecule has 120 valence electrons. The predicted octanol–water partition coefficient (Wildman–Crippen LogP) is 2.17. The van der Waals surface area contributed by atoms with Crippen LogP contribution in [0.1, 0.15) is 11.3 Å². The van der Waals surface area contributed by atoms with Crippen LogP contribution in [0, 0.1) is 6.92 Å². The highest BCUT2D eigenvalue weighted by Crippen LogP contribution is 2.27. The van der Waals surface area contributed by atoms with Gasteiger partial charge in [-0.2, -0.15) is 0 Å². The SMILES string of the molecule is Cc1ccc(S(=O)(=O)Nc2ccc3c(c2)CN(C)C(=O)N3)cn1. The third kappa shape index (κ3) is 3.11. The van der Waals surface area contributed by atoms with Gasteiger partial charge in [-0.05, 0) is 42.8 Å². The minimum atomic E-state index is -3.69. The van der Waals surface area contributed by atoms with E-state index < -0.39 is 10.0 Å². The lowest BCUT2D eigenvalue weighted by molar-refractivity contribution is 0.218. The number of fused-ring (bicyclic) bond motifs is 1. The average Bonchev–Trinajstić information content (AvgIpc) is 2.49. The zero-order valence-electron chi connectivity index (χ0n) is 12.7. The quantitative estimate of drug-likeness (QED) is 0.901. The van der Waals surface area contributed by atoms with Gasteiger partial charge in [0.05, 0.1) is 0 Å². The van der Waals surface area contributed by atoms with Gasteiger partial charge in [0, 0.05) is 36.9 Å². The van der Waals surface area contributed by atoms with Crippen LogP contribution in [0.25, 0.3) is 0 Å². The van der Waals surface area contributed by atoms with E-state index in [1.165, 1.54) is 17.2 Å². The molecule has 1 aromatic heterocycles. The Labute approximate surface area is 134 Å². The summed E-state index contributed by atoms with van der Waals surface area (Å²) in [4.78, 5) is 17.2. The standard InChI is InChI=1S/C15H16N4O3S/c1-10-3-5-13(8-16-10)23(21,22)18-12-4-6-14-11(7-12)9-19(2)15(20)17-14/h3-8,18H,9H2,1-2H3,(H,17,20). The minimum Gasteiger partial charge on any atom is -0.323 e. The molecule has 1 aliphatic rings. The number of nitrogens with zero attached hydrogens (tertiary/aromatic N) is 2. The molecule has 23 heavy (non-hydrogen) atoms. The van der Waals surface area contributed by atoms with Crippen LogP contribution in [0.3, 0.4) is 0 Å². The summed E-state index contributed by atoms with van der Waals surface area (Å²) in [6.07, 6.45) is 1.32. The van der Waals surface area contributed by atoms with Crippen molar-refractivity contribution in [2.24, 2.45) is 0 Å². The molecule has 2 aromatic rings. The molecule has 0 fully saturated rings. The molecule has 0 spiro atoms. The summed E-state index contributed by atoms with van der Waals surface area (Å²) in [7, 11) is -2.02. The Hall–Kier alpha value is -2.61. The van der Waals surface area contributed by atoms with Crippen molar-refractivity contribution in [1.82, 2.24) is 9.88 Å². The summed E-state index contributed by atoms with van der Waals surface area (Å²) in [5.41, 5.74) is 2.72. The maximum atomic E-state index is 12.4. The Morgan fingerprint density at radius 2 is 2.04 bits per heavy atom. The second kappa shape index (κ2) is 5.54. The van der Waals surface area contributed by atoms with E-state index in [-0.39, 0.29) is 10.9 Å². The van der Waals surface area contributed by atoms with Crippen molar-refractivity contribution in [2.45, 2.75) is 18.4 Å². The lowest BCUT2D eigenvalue weighted by atomic mass is 10.1. The molecular weight excluding hydrogens is 316 g/mol. The number of carbonyl (C=O) groups is 1. The number of carbonyl (C=O) groups excluding carboxylic acids is 1. The molecular formula is C15H16N4O3S. The average molecular weight is 332 g/mol. The Bertz CT molecular complexity index is 863. The molecule has 0 saturated heterocycles. The molecule has 3 rings (SSSR count). The van der Waals surface area contributed by atoms with E-state index in [2.05, 4.69) is 15.0 Å². The molecule has 1 aliphatic heterocycles. The normalized spacial score (nSPS) is 14.2. The fraction of sp³-hybridized carbons (Fsp3) is 0.200. The minimum absolute atomic E-state index is 0.103. The van der Waals surface area contributed by atoms with Gasteiger partial charge in [-0.3, -0.25) is 9.71 Å². The molecule has 2 amide bonds. The first-order valence-electron chi connectivity index (χ1n) is 6.96. The molecule has 0 unspecified atom stereocenters. The van der Waals surface area contributed by atoms with Gasteiger partial charge in [0.15, 0.2) is 0 Å². The Morgan fingerprint density at radius 3 is 2.74 bits per heavy atom. The number of hydrogen-bond donors (Lipinski definition) is 2. The first kappa shape index (κ1) is 15.3. The van der Waals surface area contributed by atoms with Crippen molar-refractivity contribution in [1.29, 1.82) is 0 Å². The van der Waals surface area contributed by atoms with Gasteiger partial charge in [-0.15, -0.1) is 0 Å². The van der Waals surface area contributed by atoms with Crippen LogP contribution in [-0.4, -0.2) is 31.4 Å². The van der Waals surface area contributed by atoms with E-state index in [1.54, 1.807) is 38.2 Å². The molecule has 2 heterocycles. The van der Waals surface area contributed by atoms with E-state index in [0.717, 1.165) is 11.3 Å². The van der Waals surface area contributed by atoms with Gasteiger partial charge < -0.3 is 10.2 Å². The fourth-order valence-electron chi connectivity index (χ4n) is 2.28. The maximum absolute atomic E-state index is 12.4. The largest absolute Gasteiger partial charge is 0.323 e. The van der Waals surface area contributed by atoms with Gasteiger partial charge in [0.25, 0.3) is 10.0 Å². The monoisotopic (exact) mass is 332 g/mol. The molecule has 0 radical (unpaired) electrons. The van der Waals surface area contributed by atoms with Crippen molar-refractivity contribution < 1.29 is 13.2 Å². The van der Waals surface area contributed by atoms with Crippen LogP contribution >= 0.6 is 0 Å². The highest BCUT2D eigenvalue weighted by atomic mass is 32.2. The lowest BCUT2D eigenvalue weighted by Gasteiger charge is -2.26. The first-order valence-corrected chi connectivity index (χ1v) is 8.44. The number of rotatable bonds is 3. The van der Waals surface area contributed by atoms with Crippen molar-refractivity contribution >= 4 is 27.4 Å². The molecule has 1 aromatic carbocycles. The second-order valence-electron chi connectivity index (χ2n) is 5.40. The summed E-state index contributed by atoms with van der Waals surface area (Å²) in [6.45, 7) is 2.21. The van der Waals surface area contributed by atoms with Crippen molar-refractivity contribution in [3.05, 3.63) is 47.8 Å². The molecule has 7 nitrogen and oxygen atoms in total. The van der Waals surface area contributed by atoms with Crippen LogP contribution in [0.4, 0.5) is 16.2 Å². The fourth-order valence-corrected chi connectivity index (χ4v) is 3.27. The number of pyridine rings is 1. The molecule has 0 saturated carbocycles. The van der Waals surface area contributed by atoms with Crippen molar-refractivity contribution in [3.8, 4) is 0 Å². The van der Waals surface area contributed by atoms with Crippen LogP contribution in [0.15, 0.2) is 41.4 Å². The topological polar surface area (TPSA) is 91.4 Å². The number of sulfonamides is 1. The van der Waals surface area contributed by atoms with Gasteiger partial charge >= 0.3 is 6.03 Å². The highest BCUT2D eigenvalue weighted by molar-refractivity contribution is 7.92. The zero-order valence-corrected chi connectivity index (χ0v) is 13.5. The third-order valence-corrected chi connectivity index (χ3v) is 4.91. The van der Waals surface area contributed by atoms with Gasteiger partial charge in [-0.25, -0.2) is 13.2 Å². The number of urea groups is 1. The molecule has 2 N–H and O–H groups in total. The van der Waals surface area contributed by atoms with Crippen LogP contribution in [-0.2, 0) is 16.6 Å². The van der Waals surface area contributed by atoms with E-state index in [0.29, 0.717) is 17.9 Å². The van der Waals surface area contributed by atoms with Gasteiger partial charge in [-0.1, -0.05) is 0 Å². The number of anilines is 2. The Morgan fingerprint density at radius 1 is 1.26 bits per heavy atom. The number of amides is 2. The van der Waals surface area contributed by atoms with Crippen LogP contribution < -0.4 is 10.0 Å². The van der Waals surface area contributed by atoms with Crippen molar-refractivity contribution in [2.75, 3.05) is 17.1 Å². The molecule has 0 aliphatic carbocycles. The van der Waals surface area contributed by atoms with Gasteiger partial charge in [0.2, 0.25) is 0 Å². The van der Waals surface area contributed by atoms with E-state index >= 15 is 0 Å².